The molecule has 2 aromatic rings. The summed E-state index contributed by atoms with van der Waals surface area (Å²) in [4.78, 5) is 22.1. The lowest BCUT2D eigenvalue weighted by molar-refractivity contribution is -0.385. The molecule has 0 fully saturated rings. The fourth-order valence-electron chi connectivity index (χ4n) is 1.66. The van der Waals surface area contributed by atoms with Crippen molar-refractivity contribution in [2.24, 2.45) is 0 Å². The molecule has 98 valence electrons. The first-order valence-corrected chi connectivity index (χ1v) is 5.56. The van der Waals surface area contributed by atoms with Crippen LogP contribution in [0.3, 0.4) is 0 Å². The fraction of sp³-hybridized carbons (Fsp3) is 0.167. The summed E-state index contributed by atoms with van der Waals surface area (Å²) < 4.78 is 0. The van der Waals surface area contributed by atoms with Crippen LogP contribution in [0.5, 0.6) is 0 Å². The molecule has 0 bridgehead atoms. The number of aryl methyl sites for hydroxylation is 1. The predicted molar refractivity (Wildman–Crippen MR) is 69.1 cm³/mol. The standard InChI is InChI=1S/C12H12N4O3/c1-7-4-3-5-9(8(7)2)14-12(17)11-10(16(18)19)6-13-15-11/h3-6H,1-2H3,(H,13,15)(H,14,17). The second-order valence-corrected chi connectivity index (χ2v) is 4.09. The Morgan fingerprint density at radius 2 is 2.16 bits per heavy atom. The monoisotopic (exact) mass is 260 g/mol. The van der Waals surface area contributed by atoms with Gasteiger partial charge in [-0.25, -0.2) is 0 Å². The Labute approximate surface area is 108 Å². The van der Waals surface area contributed by atoms with Gasteiger partial charge >= 0.3 is 5.69 Å². The van der Waals surface area contributed by atoms with Crippen LogP contribution in [-0.2, 0) is 0 Å². The van der Waals surface area contributed by atoms with E-state index in [-0.39, 0.29) is 11.4 Å². The van der Waals surface area contributed by atoms with Crippen LogP contribution in [0.25, 0.3) is 0 Å². The lowest BCUT2D eigenvalue weighted by Crippen LogP contribution is -2.15. The van der Waals surface area contributed by atoms with Gasteiger partial charge in [0.1, 0.15) is 6.20 Å². The van der Waals surface area contributed by atoms with Crippen LogP contribution in [0.15, 0.2) is 24.4 Å². The van der Waals surface area contributed by atoms with Crippen molar-refractivity contribution in [3.05, 3.63) is 51.3 Å². The molecule has 7 nitrogen and oxygen atoms in total. The van der Waals surface area contributed by atoms with Crippen molar-refractivity contribution in [3.63, 3.8) is 0 Å². The van der Waals surface area contributed by atoms with Gasteiger partial charge in [0, 0.05) is 5.69 Å². The first-order chi connectivity index (χ1) is 9.00. The minimum absolute atomic E-state index is 0.161. The van der Waals surface area contributed by atoms with E-state index in [0.717, 1.165) is 17.3 Å². The van der Waals surface area contributed by atoms with Gasteiger partial charge in [0.15, 0.2) is 0 Å². The van der Waals surface area contributed by atoms with Crippen molar-refractivity contribution in [1.82, 2.24) is 10.2 Å². The Kier molecular flexibility index (Phi) is 3.28. The molecule has 7 heteroatoms. The third-order valence-electron chi connectivity index (χ3n) is 2.90. The molecule has 0 saturated heterocycles. The van der Waals surface area contributed by atoms with Gasteiger partial charge in [-0.15, -0.1) is 0 Å². The molecule has 0 atom stereocenters. The summed E-state index contributed by atoms with van der Waals surface area (Å²) in [5.41, 5.74) is 2.05. The number of aromatic nitrogens is 2. The van der Waals surface area contributed by atoms with Crippen molar-refractivity contribution < 1.29 is 9.72 Å². The van der Waals surface area contributed by atoms with Crippen molar-refractivity contribution in [3.8, 4) is 0 Å². The van der Waals surface area contributed by atoms with E-state index < -0.39 is 10.8 Å². The second kappa shape index (κ2) is 4.89. The minimum Gasteiger partial charge on any atom is -0.320 e. The number of hydrogen-bond acceptors (Lipinski definition) is 4. The van der Waals surface area contributed by atoms with Crippen LogP contribution in [0.4, 0.5) is 11.4 Å². The van der Waals surface area contributed by atoms with E-state index in [2.05, 4.69) is 15.5 Å². The third kappa shape index (κ3) is 2.44. The highest BCUT2D eigenvalue weighted by atomic mass is 16.6. The number of amides is 1. The Morgan fingerprint density at radius 3 is 2.84 bits per heavy atom. The average molecular weight is 260 g/mol. The normalized spacial score (nSPS) is 10.2. The van der Waals surface area contributed by atoms with E-state index in [1.54, 1.807) is 12.1 Å². The number of rotatable bonds is 3. The highest BCUT2D eigenvalue weighted by Gasteiger charge is 2.23. The lowest BCUT2D eigenvalue weighted by atomic mass is 10.1. The molecule has 2 N–H and O–H groups in total. The van der Waals surface area contributed by atoms with Crippen molar-refractivity contribution in [1.29, 1.82) is 0 Å². The number of H-pyrrole nitrogens is 1. The van der Waals surface area contributed by atoms with Gasteiger partial charge < -0.3 is 5.32 Å². The van der Waals surface area contributed by atoms with E-state index in [1.807, 2.05) is 19.9 Å². The van der Waals surface area contributed by atoms with E-state index in [1.165, 1.54) is 0 Å². The molecule has 1 aromatic heterocycles. The van der Waals surface area contributed by atoms with E-state index in [9.17, 15) is 14.9 Å². The average Bonchev–Trinajstić information content (AvgIpc) is 2.84. The second-order valence-electron chi connectivity index (χ2n) is 4.09. The van der Waals surface area contributed by atoms with Gasteiger partial charge in [-0.05, 0) is 31.0 Å². The molecule has 1 amide bonds. The molecule has 1 heterocycles. The maximum Gasteiger partial charge on any atom is 0.319 e. The van der Waals surface area contributed by atoms with Crippen molar-refractivity contribution in [2.45, 2.75) is 13.8 Å². The maximum absolute atomic E-state index is 12.0. The molecule has 0 aliphatic carbocycles. The number of carbonyl (C=O) groups is 1. The quantitative estimate of drug-likeness (QED) is 0.652. The Hall–Kier alpha value is -2.70. The molecule has 2 rings (SSSR count). The van der Waals surface area contributed by atoms with Crippen molar-refractivity contribution in [2.75, 3.05) is 5.32 Å². The molecule has 0 unspecified atom stereocenters. The summed E-state index contributed by atoms with van der Waals surface area (Å²) in [7, 11) is 0. The number of aromatic amines is 1. The predicted octanol–water partition coefficient (Wildman–Crippen LogP) is 2.19. The Bertz CT molecular complexity index is 648. The Morgan fingerprint density at radius 1 is 1.42 bits per heavy atom. The number of nitro groups is 1. The van der Waals surface area contributed by atoms with Gasteiger partial charge in [0.25, 0.3) is 5.91 Å². The maximum atomic E-state index is 12.0. The van der Waals surface area contributed by atoms with Crippen molar-refractivity contribution >= 4 is 17.3 Å². The van der Waals surface area contributed by atoms with Crippen LogP contribution < -0.4 is 5.32 Å². The van der Waals surface area contributed by atoms with Crippen LogP contribution in [-0.4, -0.2) is 21.0 Å². The SMILES string of the molecule is Cc1cccc(NC(=O)c2[nH]ncc2[N+](=O)[O-])c1C. The minimum atomic E-state index is -0.651. The van der Waals surface area contributed by atoms with Gasteiger partial charge in [0.2, 0.25) is 5.69 Å². The number of nitrogens with zero attached hydrogens (tertiary/aromatic N) is 2. The first-order valence-electron chi connectivity index (χ1n) is 5.56. The molecule has 0 saturated carbocycles. The van der Waals surface area contributed by atoms with Gasteiger partial charge in [-0.2, -0.15) is 5.10 Å². The molecule has 0 radical (unpaired) electrons. The zero-order valence-corrected chi connectivity index (χ0v) is 10.4. The summed E-state index contributed by atoms with van der Waals surface area (Å²) in [6.07, 6.45) is 1.01. The lowest BCUT2D eigenvalue weighted by Gasteiger charge is -2.09. The number of benzene rings is 1. The molecular weight excluding hydrogens is 248 g/mol. The summed E-state index contributed by atoms with van der Waals surface area (Å²) in [5.74, 6) is -0.585. The largest absolute Gasteiger partial charge is 0.320 e. The molecule has 19 heavy (non-hydrogen) atoms. The summed E-state index contributed by atoms with van der Waals surface area (Å²) in [6, 6.07) is 5.46. The van der Waals surface area contributed by atoms with Crippen LogP contribution in [0.1, 0.15) is 21.6 Å². The zero-order chi connectivity index (χ0) is 14.0. The summed E-state index contributed by atoms with van der Waals surface area (Å²) in [6.45, 7) is 3.79. The fourth-order valence-corrected chi connectivity index (χ4v) is 1.66. The number of nitrogens with one attached hydrogen (secondary N) is 2. The van der Waals surface area contributed by atoms with Crippen LogP contribution in [0, 0.1) is 24.0 Å². The molecule has 0 spiro atoms. The molecule has 0 aliphatic heterocycles. The van der Waals surface area contributed by atoms with E-state index in [0.29, 0.717) is 5.69 Å². The smallest absolute Gasteiger partial charge is 0.319 e. The summed E-state index contributed by atoms with van der Waals surface area (Å²) in [5, 5.41) is 19.2. The highest BCUT2D eigenvalue weighted by molar-refractivity contribution is 6.05. The third-order valence-corrected chi connectivity index (χ3v) is 2.90. The number of hydrogen-bond donors (Lipinski definition) is 2. The Balaban J connectivity index is 2.29. The van der Waals surface area contributed by atoms with Gasteiger partial charge in [0.05, 0.1) is 4.92 Å². The van der Waals surface area contributed by atoms with Gasteiger partial charge in [-0.1, -0.05) is 12.1 Å². The van der Waals surface area contributed by atoms with Crippen LogP contribution >= 0.6 is 0 Å². The van der Waals surface area contributed by atoms with Crippen LogP contribution in [0.2, 0.25) is 0 Å². The number of carbonyl (C=O) groups excluding carboxylic acids is 1. The van der Waals surface area contributed by atoms with E-state index >= 15 is 0 Å². The first kappa shape index (κ1) is 12.7. The van der Waals surface area contributed by atoms with E-state index in [4.69, 9.17) is 0 Å². The number of anilines is 1. The molecule has 1 aromatic carbocycles. The highest BCUT2D eigenvalue weighted by Crippen LogP contribution is 2.20. The topological polar surface area (TPSA) is 101 Å². The van der Waals surface area contributed by atoms with Gasteiger partial charge in [-0.3, -0.25) is 20.0 Å². The molecular formula is C12H12N4O3. The zero-order valence-electron chi connectivity index (χ0n) is 10.4. The summed E-state index contributed by atoms with van der Waals surface area (Å²) >= 11 is 0. The molecule has 0 aliphatic rings.